The molecule has 1 saturated heterocycles. The highest BCUT2D eigenvalue weighted by atomic mass is 32.1. The molecule has 1 atom stereocenters. The molecule has 1 aliphatic rings. The van der Waals surface area contributed by atoms with Crippen LogP contribution in [0.4, 0.5) is 0 Å². The third kappa shape index (κ3) is 4.54. The first-order chi connectivity index (χ1) is 13.7. The van der Waals surface area contributed by atoms with Crippen LogP contribution in [0.1, 0.15) is 33.6 Å². The topological polar surface area (TPSA) is 63.3 Å². The van der Waals surface area contributed by atoms with Gasteiger partial charge in [0.25, 0.3) is 0 Å². The van der Waals surface area contributed by atoms with Crippen molar-refractivity contribution in [2.45, 2.75) is 32.2 Å². The zero-order valence-electron chi connectivity index (χ0n) is 16.4. The van der Waals surface area contributed by atoms with Gasteiger partial charge in [-0.05, 0) is 38.1 Å². The normalized spacial score (nSPS) is 17.1. The number of hydrogen-bond donors (Lipinski definition) is 1. The number of rotatable bonds is 8. The van der Waals surface area contributed by atoms with Gasteiger partial charge in [0.2, 0.25) is 0 Å². The fraction of sp³-hybridized carbons (Fsp3) is 0.429. The summed E-state index contributed by atoms with van der Waals surface area (Å²) in [6, 6.07) is 9.91. The second-order valence-corrected chi connectivity index (χ2v) is 8.45. The van der Waals surface area contributed by atoms with Crippen LogP contribution in [0.15, 0.2) is 36.5 Å². The molecule has 4 rings (SSSR count). The molecule has 0 radical (unpaired) electrons. The van der Waals surface area contributed by atoms with Gasteiger partial charge in [-0.1, -0.05) is 12.1 Å². The Labute approximate surface area is 169 Å². The predicted molar refractivity (Wildman–Crippen MR) is 110 cm³/mol. The summed E-state index contributed by atoms with van der Waals surface area (Å²) < 4.78 is 11.2. The van der Waals surface area contributed by atoms with Crippen molar-refractivity contribution >= 4 is 11.3 Å². The summed E-state index contributed by atoms with van der Waals surface area (Å²) in [7, 11) is 1.66. The van der Waals surface area contributed by atoms with Crippen molar-refractivity contribution in [1.82, 2.24) is 20.1 Å². The molecule has 1 unspecified atom stereocenters. The predicted octanol–water partition coefficient (Wildman–Crippen LogP) is 3.79. The highest BCUT2D eigenvalue weighted by molar-refractivity contribution is 7.11. The van der Waals surface area contributed by atoms with Crippen LogP contribution in [0.3, 0.4) is 0 Å². The van der Waals surface area contributed by atoms with Crippen LogP contribution in [-0.2, 0) is 13.0 Å². The zero-order valence-corrected chi connectivity index (χ0v) is 17.2. The molecule has 1 N–H and O–H groups in total. The molecule has 1 aromatic carbocycles. The molecule has 0 amide bonds. The molecular weight excluding hydrogens is 372 g/mol. The van der Waals surface area contributed by atoms with Crippen LogP contribution in [-0.4, -0.2) is 46.9 Å². The monoisotopic (exact) mass is 398 g/mol. The van der Waals surface area contributed by atoms with Crippen molar-refractivity contribution in [2.24, 2.45) is 0 Å². The number of ether oxygens (including phenoxy) is 2. The van der Waals surface area contributed by atoms with Crippen molar-refractivity contribution < 1.29 is 9.47 Å². The Bertz CT molecular complexity index is 907. The van der Waals surface area contributed by atoms with Gasteiger partial charge in [0, 0.05) is 42.2 Å². The molecule has 6 nitrogen and oxygen atoms in total. The Morgan fingerprint density at radius 2 is 2.14 bits per heavy atom. The molecule has 7 heteroatoms. The van der Waals surface area contributed by atoms with Gasteiger partial charge in [-0.15, -0.1) is 11.3 Å². The standard InChI is InChI=1S/C21H26N4O2S/c1-15-22-12-18(28-15)14-25-9-7-16(13-25)19-11-17(23-24-19)8-10-27-21-6-4-3-5-20(21)26-2/h3-6,11-12,16H,7-10,13-14H2,1-2H3,(H,23,24). The highest BCUT2D eigenvalue weighted by Crippen LogP contribution is 2.29. The summed E-state index contributed by atoms with van der Waals surface area (Å²) >= 11 is 1.79. The molecule has 0 saturated carbocycles. The van der Waals surface area contributed by atoms with E-state index in [0.29, 0.717) is 12.5 Å². The van der Waals surface area contributed by atoms with E-state index >= 15 is 0 Å². The molecule has 3 aromatic rings. The molecule has 28 heavy (non-hydrogen) atoms. The maximum atomic E-state index is 5.87. The Morgan fingerprint density at radius 3 is 2.93 bits per heavy atom. The van der Waals surface area contributed by atoms with Crippen molar-refractivity contribution in [1.29, 1.82) is 0 Å². The van der Waals surface area contributed by atoms with Gasteiger partial charge >= 0.3 is 0 Å². The lowest BCUT2D eigenvalue weighted by molar-refractivity contribution is 0.296. The Balaban J connectivity index is 1.27. The third-order valence-corrected chi connectivity index (χ3v) is 5.99. The van der Waals surface area contributed by atoms with Crippen molar-refractivity contribution in [2.75, 3.05) is 26.8 Å². The number of aromatic amines is 1. The van der Waals surface area contributed by atoms with Gasteiger partial charge in [-0.25, -0.2) is 4.98 Å². The van der Waals surface area contributed by atoms with Gasteiger partial charge in [0.05, 0.1) is 24.4 Å². The van der Waals surface area contributed by atoms with E-state index in [0.717, 1.165) is 60.4 Å². The Hall–Kier alpha value is -2.38. The summed E-state index contributed by atoms with van der Waals surface area (Å²) in [4.78, 5) is 8.19. The lowest BCUT2D eigenvalue weighted by Crippen LogP contribution is -2.19. The number of thiazole rings is 1. The van der Waals surface area contributed by atoms with E-state index in [4.69, 9.17) is 9.47 Å². The summed E-state index contributed by atoms with van der Waals surface area (Å²) in [5.74, 6) is 2.03. The first-order valence-electron chi connectivity index (χ1n) is 9.65. The number of likely N-dealkylation sites (tertiary alicyclic amines) is 1. The van der Waals surface area contributed by atoms with Crippen molar-refractivity contribution in [3.8, 4) is 11.5 Å². The van der Waals surface area contributed by atoms with Gasteiger partial charge < -0.3 is 9.47 Å². The van der Waals surface area contributed by atoms with Gasteiger partial charge in [-0.2, -0.15) is 5.10 Å². The lowest BCUT2D eigenvalue weighted by Gasteiger charge is -2.13. The smallest absolute Gasteiger partial charge is 0.161 e. The fourth-order valence-electron chi connectivity index (χ4n) is 3.64. The number of methoxy groups -OCH3 is 1. The summed E-state index contributed by atoms with van der Waals surface area (Å²) in [5.41, 5.74) is 2.27. The van der Waals surface area contributed by atoms with E-state index in [1.807, 2.05) is 30.5 Å². The van der Waals surface area contributed by atoms with Gasteiger partial charge in [-0.3, -0.25) is 10.00 Å². The number of para-hydroxylation sites is 2. The first-order valence-corrected chi connectivity index (χ1v) is 10.5. The minimum absolute atomic E-state index is 0.495. The summed E-state index contributed by atoms with van der Waals surface area (Å²) in [6.45, 7) is 5.80. The molecule has 148 valence electrons. The van der Waals surface area contributed by atoms with Gasteiger partial charge in [0.1, 0.15) is 0 Å². The number of hydrogen-bond acceptors (Lipinski definition) is 6. The quantitative estimate of drug-likeness (QED) is 0.625. The molecule has 1 aliphatic heterocycles. The van der Waals surface area contributed by atoms with Crippen LogP contribution >= 0.6 is 11.3 Å². The number of nitrogens with one attached hydrogen (secondary N) is 1. The highest BCUT2D eigenvalue weighted by Gasteiger charge is 2.26. The number of nitrogens with zero attached hydrogens (tertiary/aromatic N) is 3. The zero-order chi connectivity index (χ0) is 19.3. The first kappa shape index (κ1) is 19.0. The van der Waals surface area contributed by atoms with Crippen molar-refractivity contribution in [3.63, 3.8) is 0 Å². The average Bonchev–Trinajstić information content (AvgIpc) is 3.44. The molecule has 0 aliphatic carbocycles. The van der Waals surface area contributed by atoms with E-state index in [2.05, 4.69) is 33.1 Å². The molecule has 2 aromatic heterocycles. The van der Waals surface area contributed by atoms with Crippen LogP contribution in [0.2, 0.25) is 0 Å². The van der Waals surface area contributed by atoms with E-state index in [1.54, 1.807) is 18.4 Å². The van der Waals surface area contributed by atoms with E-state index in [9.17, 15) is 0 Å². The molecular formula is C21H26N4O2S. The number of aryl methyl sites for hydroxylation is 1. The average molecular weight is 399 g/mol. The van der Waals surface area contributed by atoms with Crippen LogP contribution in [0.25, 0.3) is 0 Å². The second-order valence-electron chi connectivity index (χ2n) is 7.13. The molecule has 1 fully saturated rings. The summed E-state index contributed by atoms with van der Waals surface area (Å²) in [6.07, 6.45) is 3.95. The van der Waals surface area contributed by atoms with Crippen LogP contribution < -0.4 is 9.47 Å². The number of H-pyrrole nitrogens is 1. The van der Waals surface area contributed by atoms with E-state index < -0.39 is 0 Å². The van der Waals surface area contributed by atoms with Gasteiger partial charge in [0.15, 0.2) is 11.5 Å². The van der Waals surface area contributed by atoms with Crippen LogP contribution in [0, 0.1) is 6.92 Å². The van der Waals surface area contributed by atoms with Crippen molar-refractivity contribution in [3.05, 3.63) is 57.8 Å². The minimum atomic E-state index is 0.495. The van der Waals surface area contributed by atoms with E-state index in [1.165, 1.54) is 4.88 Å². The fourth-order valence-corrected chi connectivity index (χ4v) is 4.48. The maximum absolute atomic E-state index is 5.87. The Morgan fingerprint density at radius 1 is 1.29 bits per heavy atom. The minimum Gasteiger partial charge on any atom is -0.493 e. The number of aromatic nitrogens is 3. The lowest BCUT2D eigenvalue weighted by atomic mass is 10.0. The third-order valence-electron chi connectivity index (χ3n) is 5.09. The molecule has 0 spiro atoms. The largest absolute Gasteiger partial charge is 0.493 e. The SMILES string of the molecule is COc1ccccc1OCCc1cc(C2CCN(Cc3cnc(C)s3)C2)n[nH]1. The Kier molecular flexibility index (Phi) is 5.92. The summed E-state index contributed by atoms with van der Waals surface area (Å²) in [5, 5.41) is 8.88. The number of benzene rings is 1. The van der Waals surface area contributed by atoms with Crippen LogP contribution in [0.5, 0.6) is 11.5 Å². The second kappa shape index (κ2) is 8.75. The molecule has 0 bridgehead atoms. The maximum Gasteiger partial charge on any atom is 0.161 e. The van der Waals surface area contributed by atoms with E-state index in [-0.39, 0.29) is 0 Å². The molecule has 3 heterocycles.